The van der Waals surface area contributed by atoms with Crippen LogP contribution in [0, 0.1) is 0 Å². The van der Waals surface area contributed by atoms with Crippen LogP contribution in [0.2, 0.25) is 0 Å². The van der Waals surface area contributed by atoms with E-state index in [9.17, 15) is 0 Å². The quantitative estimate of drug-likeness (QED) is 0.153. The Morgan fingerprint density at radius 1 is 1.54 bits per heavy atom. The van der Waals surface area contributed by atoms with Gasteiger partial charge in [0, 0.05) is 14.9 Å². The fourth-order valence-electron chi connectivity index (χ4n) is 0.805. The molecule has 0 saturated carbocycles. The maximum Gasteiger partial charge on any atom is 0.173 e. The summed E-state index contributed by atoms with van der Waals surface area (Å²) < 4.78 is 0.819. The van der Waals surface area contributed by atoms with Gasteiger partial charge in [-0.1, -0.05) is 33.2 Å². The number of amidine groups is 1. The zero-order valence-corrected chi connectivity index (χ0v) is 8.01. The molecule has 0 bridgehead atoms. The first kappa shape index (κ1) is 9.57. The van der Waals surface area contributed by atoms with Gasteiger partial charge >= 0.3 is 0 Å². The summed E-state index contributed by atoms with van der Waals surface area (Å²) in [6.45, 7) is 0. The molecule has 0 unspecified atom stereocenters. The minimum Gasteiger partial charge on any atom is -0.410 e. The Bertz CT molecular complexity index is 384. The fraction of sp³-hybridized carbons (Fsp3) is 0. The number of oxime groups is 1. The molecule has 0 aliphatic heterocycles. The van der Waals surface area contributed by atoms with Crippen molar-refractivity contribution in [2.75, 3.05) is 0 Å². The third-order valence-corrected chi connectivity index (χ3v) is 1.81. The highest BCUT2D eigenvalue weighted by molar-refractivity contribution is 9.10. The minimum absolute atomic E-state index is 0.0520. The van der Waals surface area contributed by atoms with Gasteiger partial charge in [-0.3, -0.25) is 0 Å². The van der Waals surface area contributed by atoms with Crippen molar-refractivity contribution in [3.05, 3.63) is 44.7 Å². The Morgan fingerprint density at radius 2 is 2.31 bits per heavy atom. The van der Waals surface area contributed by atoms with Crippen LogP contribution < -0.4 is 0 Å². The lowest BCUT2D eigenvalue weighted by atomic mass is 10.2. The summed E-state index contributed by atoms with van der Waals surface area (Å²) in [6.07, 6.45) is 0. The number of hydrogen-bond donors (Lipinski definition) is 1. The van der Waals surface area contributed by atoms with Gasteiger partial charge in [0.2, 0.25) is 0 Å². The van der Waals surface area contributed by atoms with E-state index in [1.165, 1.54) is 0 Å². The molecular formula is C7H5BrN4O. The Labute approximate surface area is 82.4 Å². The fourth-order valence-corrected chi connectivity index (χ4v) is 1.20. The Hall–Kier alpha value is -1.52. The molecule has 1 N–H and O–H groups in total. The molecule has 0 atom stereocenters. The van der Waals surface area contributed by atoms with Crippen molar-refractivity contribution in [2.45, 2.75) is 0 Å². The van der Waals surface area contributed by atoms with E-state index in [1.54, 1.807) is 18.2 Å². The van der Waals surface area contributed by atoms with E-state index in [0.717, 1.165) is 4.47 Å². The molecule has 0 radical (unpaired) electrons. The topological polar surface area (TPSA) is 81.4 Å². The van der Waals surface area contributed by atoms with Gasteiger partial charge in [-0.05, 0) is 22.8 Å². The summed E-state index contributed by atoms with van der Waals surface area (Å²) in [5.74, 6) is -0.0520. The van der Waals surface area contributed by atoms with Crippen molar-refractivity contribution >= 4 is 21.8 Å². The minimum atomic E-state index is -0.0520. The average Bonchev–Trinajstić information content (AvgIpc) is 2.14. The average molecular weight is 241 g/mol. The SMILES string of the molecule is [N-]=[N+]=N/C(=N/O)c1cccc(Br)c1. The lowest BCUT2D eigenvalue weighted by Crippen LogP contribution is -1.94. The molecule has 0 saturated heterocycles. The molecule has 5 nitrogen and oxygen atoms in total. The maximum atomic E-state index is 8.51. The molecule has 0 fully saturated rings. The molecule has 0 spiro atoms. The number of hydrogen-bond acceptors (Lipinski definition) is 2. The van der Waals surface area contributed by atoms with Crippen molar-refractivity contribution in [1.82, 2.24) is 0 Å². The number of azide groups is 1. The molecule has 0 heterocycles. The molecular weight excluding hydrogens is 236 g/mol. The van der Waals surface area contributed by atoms with E-state index in [4.69, 9.17) is 10.7 Å². The zero-order valence-electron chi connectivity index (χ0n) is 6.42. The molecule has 1 rings (SSSR count). The Kier molecular flexibility index (Phi) is 3.31. The summed E-state index contributed by atoms with van der Waals surface area (Å²) in [4.78, 5) is 2.53. The maximum absolute atomic E-state index is 8.51. The number of nitrogens with zero attached hydrogens (tertiary/aromatic N) is 4. The first-order valence-corrected chi connectivity index (χ1v) is 4.10. The van der Waals surface area contributed by atoms with E-state index in [2.05, 4.69) is 31.1 Å². The summed E-state index contributed by atoms with van der Waals surface area (Å²) in [5.41, 5.74) is 8.70. The Balaban J connectivity index is 3.13. The van der Waals surface area contributed by atoms with Gasteiger partial charge < -0.3 is 5.21 Å². The van der Waals surface area contributed by atoms with Crippen molar-refractivity contribution in [3.63, 3.8) is 0 Å². The third kappa shape index (κ3) is 2.47. The van der Waals surface area contributed by atoms with E-state index in [0.29, 0.717) is 5.56 Å². The second-order valence-corrected chi connectivity index (χ2v) is 3.04. The van der Waals surface area contributed by atoms with Gasteiger partial charge in [0.15, 0.2) is 5.84 Å². The molecule has 0 amide bonds. The molecule has 0 aliphatic carbocycles. The van der Waals surface area contributed by atoms with Crippen LogP contribution in [0.5, 0.6) is 0 Å². The van der Waals surface area contributed by atoms with Crippen LogP contribution >= 0.6 is 15.9 Å². The lowest BCUT2D eigenvalue weighted by molar-refractivity contribution is 0.318. The lowest BCUT2D eigenvalue weighted by Gasteiger charge is -1.97. The van der Waals surface area contributed by atoms with E-state index in [1.807, 2.05) is 6.07 Å². The molecule has 66 valence electrons. The van der Waals surface area contributed by atoms with Gasteiger partial charge in [-0.25, -0.2) is 0 Å². The summed E-state index contributed by atoms with van der Waals surface area (Å²) in [6, 6.07) is 6.92. The summed E-state index contributed by atoms with van der Waals surface area (Å²) in [5, 5.41) is 14.6. The predicted molar refractivity (Wildman–Crippen MR) is 51.6 cm³/mol. The van der Waals surface area contributed by atoms with E-state index < -0.39 is 0 Å². The first-order chi connectivity index (χ1) is 6.27. The van der Waals surface area contributed by atoms with Crippen LogP contribution in [0.1, 0.15) is 5.56 Å². The van der Waals surface area contributed by atoms with Gasteiger partial charge in [0.1, 0.15) is 0 Å². The van der Waals surface area contributed by atoms with Crippen LogP contribution in [0.25, 0.3) is 10.4 Å². The second kappa shape index (κ2) is 4.49. The van der Waals surface area contributed by atoms with Gasteiger partial charge in [-0.2, -0.15) is 0 Å². The molecule has 0 aromatic heterocycles. The number of rotatable bonds is 1. The second-order valence-electron chi connectivity index (χ2n) is 2.12. The van der Waals surface area contributed by atoms with Gasteiger partial charge in [0.05, 0.1) is 0 Å². The van der Waals surface area contributed by atoms with Crippen molar-refractivity contribution in [1.29, 1.82) is 0 Å². The van der Waals surface area contributed by atoms with Crippen LogP contribution in [0.4, 0.5) is 0 Å². The highest BCUT2D eigenvalue weighted by Crippen LogP contribution is 2.12. The largest absolute Gasteiger partial charge is 0.410 e. The standard InChI is InChI=1S/C7H5BrN4O/c8-6-3-1-2-5(4-6)7(11-13)10-12-9/h1-4,13H/b11-7+. The molecule has 13 heavy (non-hydrogen) atoms. The predicted octanol–water partition coefficient (Wildman–Crippen LogP) is 2.90. The van der Waals surface area contributed by atoms with E-state index >= 15 is 0 Å². The van der Waals surface area contributed by atoms with Crippen LogP contribution in [0.15, 0.2) is 39.0 Å². The van der Waals surface area contributed by atoms with Crippen molar-refractivity contribution in [2.24, 2.45) is 10.3 Å². The summed E-state index contributed by atoms with van der Waals surface area (Å²) >= 11 is 3.24. The van der Waals surface area contributed by atoms with Gasteiger partial charge in [-0.15, -0.1) is 0 Å². The molecule has 1 aromatic rings. The Morgan fingerprint density at radius 3 is 2.85 bits per heavy atom. The smallest absolute Gasteiger partial charge is 0.173 e. The van der Waals surface area contributed by atoms with Crippen molar-refractivity contribution in [3.8, 4) is 0 Å². The normalized spacial score (nSPS) is 10.7. The highest BCUT2D eigenvalue weighted by Gasteiger charge is 2.00. The molecule has 1 aromatic carbocycles. The van der Waals surface area contributed by atoms with Crippen molar-refractivity contribution < 1.29 is 5.21 Å². The van der Waals surface area contributed by atoms with E-state index in [-0.39, 0.29) is 5.84 Å². The van der Waals surface area contributed by atoms with Crippen LogP contribution in [-0.2, 0) is 0 Å². The highest BCUT2D eigenvalue weighted by atomic mass is 79.9. The van der Waals surface area contributed by atoms with Crippen LogP contribution in [0.3, 0.4) is 0 Å². The molecule has 6 heteroatoms. The monoisotopic (exact) mass is 240 g/mol. The zero-order chi connectivity index (χ0) is 9.68. The summed E-state index contributed by atoms with van der Waals surface area (Å²) in [7, 11) is 0. The molecule has 0 aliphatic rings. The number of benzene rings is 1. The van der Waals surface area contributed by atoms with Gasteiger partial charge in [0.25, 0.3) is 0 Å². The number of halogens is 1. The van der Waals surface area contributed by atoms with Crippen LogP contribution in [-0.4, -0.2) is 11.0 Å². The first-order valence-electron chi connectivity index (χ1n) is 3.31. The third-order valence-electron chi connectivity index (χ3n) is 1.32.